The highest BCUT2D eigenvalue weighted by molar-refractivity contribution is 6.06. The number of nitrogens with zero attached hydrogens (tertiary/aromatic N) is 2. The average molecular weight is 375 g/mol. The van der Waals surface area contributed by atoms with E-state index in [9.17, 15) is 14.0 Å². The molecular formula is C20H28FN4O2+. The van der Waals surface area contributed by atoms with Crippen molar-refractivity contribution >= 4 is 17.6 Å². The fourth-order valence-corrected chi connectivity index (χ4v) is 4.61. The van der Waals surface area contributed by atoms with Crippen molar-refractivity contribution in [2.45, 2.75) is 44.1 Å². The number of rotatable bonds is 3. The van der Waals surface area contributed by atoms with Crippen molar-refractivity contribution in [1.82, 2.24) is 10.2 Å². The van der Waals surface area contributed by atoms with Gasteiger partial charge in [0.15, 0.2) is 6.67 Å². The van der Waals surface area contributed by atoms with Crippen LogP contribution in [0.25, 0.3) is 0 Å². The molecule has 3 fully saturated rings. The monoisotopic (exact) mass is 375 g/mol. The highest BCUT2D eigenvalue weighted by atomic mass is 19.1. The van der Waals surface area contributed by atoms with Crippen LogP contribution in [0, 0.1) is 5.82 Å². The number of carbonyl (C=O) groups is 2. The Labute approximate surface area is 159 Å². The van der Waals surface area contributed by atoms with Crippen molar-refractivity contribution < 1.29 is 18.9 Å². The minimum absolute atomic E-state index is 0.0251. The highest BCUT2D eigenvalue weighted by Crippen LogP contribution is 2.32. The molecule has 146 valence electrons. The van der Waals surface area contributed by atoms with Gasteiger partial charge < -0.3 is 15.1 Å². The predicted molar refractivity (Wildman–Crippen MR) is 100.0 cm³/mol. The molecule has 1 spiro atoms. The first-order valence-electron chi connectivity index (χ1n) is 10.1. The zero-order valence-electron chi connectivity index (χ0n) is 15.7. The molecule has 0 bridgehead atoms. The minimum atomic E-state index is -0.650. The Balaban J connectivity index is 1.35. The van der Waals surface area contributed by atoms with Crippen molar-refractivity contribution in [2.75, 3.05) is 37.7 Å². The Bertz CT molecular complexity index is 692. The Morgan fingerprint density at radius 3 is 2.26 bits per heavy atom. The number of nitrogens with one attached hydrogen (secondary N) is 2. The van der Waals surface area contributed by atoms with E-state index in [2.05, 4.69) is 10.2 Å². The van der Waals surface area contributed by atoms with Crippen LogP contribution in [-0.2, 0) is 4.79 Å². The molecule has 27 heavy (non-hydrogen) atoms. The molecule has 0 aromatic heterocycles. The molecule has 6 nitrogen and oxygen atoms in total. The second-order valence-electron chi connectivity index (χ2n) is 8.03. The molecular weight excluding hydrogens is 347 g/mol. The molecule has 2 N–H and O–H groups in total. The highest BCUT2D eigenvalue weighted by Gasteiger charge is 2.51. The number of carbonyl (C=O) groups excluding carboxylic acids is 2. The van der Waals surface area contributed by atoms with E-state index in [1.54, 1.807) is 12.1 Å². The lowest BCUT2D eigenvalue weighted by atomic mass is 9.90. The van der Waals surface area contributed by atoms with Crippen molar-refractivity contribution in [3.8, 4) is 0 Å². The lowest BCUT2D eigenvalue weighted by Gasteiger charge is -2.34. The van der Waals surface area contributed by atoms with Crippen LogP contribution in [0.1, 0.15) is 38.5 Å². The summed E-state index contributed by atoms with van der Waals surface area (Å²) in [4.78, 5) is 30.4. The number of hydrogen-bond acceptors (Lipinski definition) is 3. The van der Waals surface area contributed by atoms with Gasteiger partial charge in [-0.2, -0.15) is 0 Å². The van der Waals surface area contributed by atoms with Gasteiger partial charge >= 0.3 is 6.03 Å². The lowest BCUT2D eigenvalue weighted by Crippen LogP contribution is -3.16. The van der Waals surface area contributed by atoms with E-state index >= 15 is 0 Å². The van der Waals surface area contributed by atoms with Gasteiger partial charge in [0.25, 0.3) is 5.91 Å². The second kappa shape index (κ2) is 7.46. The number of piperazine rings is 1. The molecule has 1 aliphatic carbocycles. The number of hydrogen-bond donors (Lipinski definition) is 2. The third-order valence-electron chi connectivity index (χ3n) is 6.25. The normalized spacial score (nSPS) is 23.6. The van der Waals surface area contributed by atoms with Gasteiger partial charge in [0, 0.05) is 5.69 Å². The van der Waals surface area contributed by atoms with Crippen molar-refractivity contribution in [2.24, 2.45) is 0 Å². The molecule has 0 atom stereocenters. The molecule has 4 rings (SSSR count). The third kappa shape index (κ3) is 3.65. The summed E-state index contributed by atoms with van der Waals surface area (Å²) in [6.45, 7) is 3.79. The molecule has 0 radical (unpaired) electrons. The maximum Gasteiger partial charge on any atom is 0.329 e. The van der Waals surface area contributed by atoms with Gasteiger partial charge in [-0.3, -0.25) is 4.79 Å². The number of anilines is 1. The molecule has 1 aromatic rings. The quantitative estimate of drug-likeness (QED) is 0.779. The van der Waals surface area contributed by atoms with Crippen LogP contribution in [0.2, 0.25) is 0 Å². The lowest BCUT2D eigenvalue weighted by molar-refractivity contribution is -0.907. The summed E-state index contributed by atoms with van der Waals surface area (Å²) >= 11 is 0. The molecule has 1 saturated carbocycles. The van der Waals surface area contributed by atoms with Crippen LogP contribution in [0.15, 0.2) is 24.3 Å². The number of quaternary nitrogens is 1. The molecule has 3 amide bonds. The predicted octanol–water partition coefficient (Wildman–Crippen LogP) is 1.13. The fourth-order valence-electron chi connectivity index (χ4n) is 4.61. The summed E-state index contributed by atoms with van der Waals surface area (Å²) in [7, 11) is 0. The number of halogens is 1. The van der Waals surface area contributed by atoms with Crippen molar-refractivity contribution in [1.29, 1.82) is 0 Å². The standard InChI is InChI=1S/C20H27FN4O2/c21-16-5-7-17(8-6-16)24-13-11-23(12-14-24)15-25-18(26)20(22-19(25)27)9-3-1-2-4-10-20/h5-8H,1-4,9-15H2,(H,22,27)/p+1. The Morgan fingerprint density at radius 1 is 1.00 bits per heavy atom. The Kier molecular flexibility index (Phi) is 5.04. The minimum Gasteiger partial charge on any atom is -0.360 e. The number of imide groups is 1. The molecule has 1 aromatic carbocycles. The molecule has 7 heteroatoms. The largest absolute Gasteiger partial charge is 0.360 e. The van der Waals surface area contributed by atoms with E-state index in [0.29, 0.717) is 6.67 Å². The van der Waals surface area contributed by atoms with Crippen molar-refractivity contribution in [3.05, 3.63) is 30.1 Å². The first-order chi connectivity index (χ1) is 13.1. The SMILES string of the molecule is O=C1NC2(CCCCCC2)C(=O)N1C[NH+]1CCN(c2ccc(F)cc2)CC1. The van der Waals surface area contributed by atoms with Crippen LogP contribution in [0.4, 0.5) is 14.9 Å². The zero-order chi connectivity index (χ0) is 18.9. The fraction of sp³-hybridized carbons (Fsp3) is 0.600. The third-order valence-corrected chi connectivity index (χ3v) is 6.25. The van der Waals surface area contributed by atoms with Gasteiger partial charge in [-0.25, -0.2) is 14.1 Å². The van der Waals surface area contributed by atoms with E-state index in [1.165, 1.54) is 21.9 Å². The van der Waals surface area contributed by atoms with E-state index in [0.717, 1.165) is 70.4 Å². The van der Waals surface area contributed by atoms with Crippen LogP contribution in [0.3, 0.4) is 0 Å². The zero-order valence-corrected chi connectivity index (χ0v) is 15.7. The molecule has 3 aliphatic rings. The van der Waals surface area contributed by atoms with Gasteiger partial charge in [-0.05, 0) is 37.1 Å². The molecule has 2 heterocycles. The number of benzene rings is 1. The van der Waals surface area contributed by atoms with Crippen molar-refractivity contribution in [3.63, 3.8) is 0 Å². The van der Waals surface area contributed by atoms with Gasteiger partial charge in [-0.15, -0.1) is 0 Å². The van der Waals surface area contributed by atoms with Crippen LogP contribution < -0.4 is 15.1 Å². The van der Waals surface area contributed by atoms with E-state index < -0.39 is 5.54 Å². The molecule has 2 saturated heterocycles. The van der Waals surface area contributed by atoms with Crippen LogP contribution >= 0.6 is 0 Å². The molecule has 2 aliphatic heterocycles. The second-order valence-corrected chi connectivity index (χ2v) is 8.03. The Morgan fingerprint density at radius 2 is 1.63 bits per heavy atom. The Hall–Kier alpha value is -2.15. The maximum atomic E-state index is 13.1. The molecule has 0 unspecified atom stereocenters. The number of urea groups is 1. The summed E-state index contributed by atoms with van der Waals surface area (Å²) in [6.07, 6.45) is 5.82. The van der Waals surface area contributed by atoms with Crippen LogP contribution in [-0.4, -0.2) is 55.2 Å². The average Bonchev–Trinajstić information content (AvgIpc) is 2.84. The van der Waals surface area contributed by atoms with Gasteiger partial charge in [0.05, 0.1) is 26.2 Å². The summed E-state index contributed by atoms with van der Waals surface area (Å²) in [5, 5.41) is 3.02. The maximum absolute atomic E-state index is 13.1. The first kappa shape index (κ1) is 18.2. The van der Waals surface area contributed by atoms with Gasteiger partial charge in [-0.1, -0.05) is 25.7 Å². The summed E-state index contributed by atoms with van der Waals surface area (Å²) < 4.78 is 13.1. The first-order valence-corrected chi connectivity index (χ1v) is 10.1. The summed E-state index contributed by atoms with van der Waals surface area (Å²) in [5.41, 5.74) is 0.367. The topological polar surface area (TPSA) is 57.1 Å². The summed E-state index contributed by atoms with van der Waals surface area (Å²) in [5.74, 6) is -0.253. The van der Waals surface area contributed by atoms with Crippen LogP contribution in [0.5, 0.6) is 0 Å². The number of amides is 3. The van der Waals surface area contributed by atoms with Gasteiger partial charge in [0.2, 0.25) is 0 Å². The van der Waals surface area contributed by atoms with E-state index in [-0.39, 0.29) is 17.8 Å². The smallest absolute Gasteiger partial charge is 0.329 e. The van der Waals surface area contributed by atoms with E-state index in [1.807, 2.05) is 0 Å². The van der Waals surface area contributed by atoms with Gasteiger partial charge in [0.1, 0.15) is 11.4 Å². The summed E-state index contributed by atoms with van der Waals surface area (Å²) in [6, 6.07) is 6.33. The van der Waals surface area contributed by atoms with E-state index in [4.69, 9.17) is 0 Å².